The van der Waals surface area contributed by atoms with Crippen LogP contribution in [0.5, 0.6) is 5.75 Å². The molecule has 28 heavy (non-hydrogen) atoms. The average Bonchev–Trinajstić information content (AvgIpc) is 3.44. The minimum absolute atomic E-state index is 0.0409. The molecule has 1 atom stereocenters. The lowest BCUT2D eigenvalue weighted by molar-refractivity contribution is 0.0917. The summed E-state index contributed by atoms with van der Waals surface area (Å²) >= 11 is 1.46. The molecule has 1 aromatic carbocycles. The standard InChI is InChI=1S/C21H21N3O3S/c1-26-17-6-4-15(5-7-17)19-14-28-21(23-19)24(13-18-3-2-12-27-18)20(25)16-8-10-22-11-9-16/h4-11,14,18H,2-3,12-13H2,1H3. The average molecular weight is 395 g/mol. The number of methoxy groups -OCH3 is 1. The van der Waals surface area contributed by atoms with Gasteiger partial charge in [0.1, 0.15) is 5.75 Å². The predicted octanol–water partition coefficient (Wildman–Crippen LogP) is 4.04. The van der Waals surface area contributed by atoms with E-state index < -0.39 is 0 Å². The number of carbonyl (C=O) groups is 1. The van der Waals surface area contributed by atoms with Crippen molar-refractivity contribution in [1.29, 1.82) is 0 Å². The Kier molecular flexibility index (Phi) is 5.64. The molecule has 0 spiro atoms. The van der Waals surface area contributed by atoms with Crippen molar-refractivity contribution in [3.05, 3.63) is 59.7 Å². The summed E-state index contributed by atoms with van der Waals surface area (Å²) < 4.78 is 11.0. The second-order valence-corrected chi connectivity index (χ2v) is 7.37. The molecule has 2 aromatic heterocycles. The lowest BCUT2D eigenvalue weighted by Gasteiger charge is -2.23. The summed E-state index contributed by atoms with van der Waals surface area (Å²) in [7, 11) is 1.64. The number of hydrogen-bond acceptors (Lipinski definition) is 6. The monoisotopic (exact) mass is 395 g/mol. The zero-order chi connectivity index (χ0) is 19.3. The summed E-state index contributed by atoms with van der Waals surface area (Å²) in [5, 5.41) is 2.64. The number of anilines is 1. The van der Waals surface area contributed by atoms with Crippen LogP contribution in [0, 0.1) is 0 Å². The van der Waals surface area contributed by atoms with Gasteiger partial charge in [-0.1, -0.05) is 0 Å². The molecule has 7 heteroatoms. The van der Waals surface area contributed by atoms with E-state index in [0.717, 1.165) is 36.5 Å². The van der Waals surface area contributed by atoms with Crippen LogP contribution in [0.2, 0.25) is 0 Å². The van der Waals surface area contributed by atoms with E-state index in [1.807, 2.05) is 29.6 Å². The fraction of sp³-hybridized carbons (Fsp3) is 0.286. The number of rotatable bonds is 6. The van der Waals surface area contributed by atoms with E-state index in [0.29, 0.717) is 17.2 Å². The minimum Gasteiger partial charge on any atom is -0.497 e. The summed E-state index contributed by atoms with van der Waals surface area (Å²) in [6.45, 7) is 1.24. The van der Waals surface area contributed by atoms with Crippen molar-refractivity contribution < 1.29 is 14.3 Å². The molecule has 144 valence electrons. The Balaban J connectivity index is 1.62. The van der Waals surface area contributed by atoms with Gasteiger partial charge in [-0.15, -0.1) is 11.3 Å². The molecule has 3 heterocycles. The number of carbonyl (C=O) groups excluding carboxylic acids is 1. The van der Waals surface area contributed by atoms with Gasteiger partial charge in [0.15, 0.2) is 5.13 Å². The lowest BCUT2D eigenvalue weighted by Crippen LogP contribution is -2.37. The van der Waals surface area contributed by atoms with Gasteiger partial charge >= 0.3 is 0 Å². The summed E-state index contributed by atoms with van der Waals surface area (Å²) in [5.74, 6) is 0.709. The molecule has 3 aromatic rings. The number of nitrogens with zero attached hydrogens (tertiary/aromatic N) is 3. The molecule has 0 radical (unpaired) electrons. The first-order valence-electron chi connectivity index (χ1n) is 9.18. The van der Waals surface area contributed by atoms with Gasteiger partial charge in [0.2, 0.25) is 0 Å². The van der Waals surface area contributed by atoms with E-state index in [9.17, 15) is 4.79 Å². The zero-order valence-electron chi connectivity index (χ0n) is 15.6. The molecule has 1 fully saturated rings. The maximum Gasteiger partial charge on any atom is 0.260 e. The smallest absolute Gasteiger partial charge is 0.260 e. The first kappa shape index (κ1) is 18.6. The van der Waals surface area contributed by atoms with Gasteiger partial charge in [0.05, 0.1) is 25.5 Å². The second kappa shape index (κ2) is 8.50. The molecule has 0 N–H and O–H groups in total. The van der Waals surface area contributed by atoms with Crippen LogP contribution in [0.1, 0.15) is 23.2 Å². The number of benzene rings is 1. The number of hydrogen-bond donors (Lipinski definition) is 0. The fourth-order valence-electron chi connectivity index (χ4n) is 3.17. The number of ether oxygens (including phenoxy) is 2. The van der Waals surface area contributed by atoms with Gasteiger partial charge in [0, 0.05) is 35.5 Å². The van der Waals surface area contributed by atoms with Crippen molar-refractivity contribution in [3.63, 3.8) is 0 Å². The van der Waals surface area contributed by atoms with Gasteiger partial charge in [-0.3, -0.25) is 14.7 Å². The molecule has 6 nitrogen and oxygen atoms in total. The summed E-state index contributed by atoms with van der Waals surface area (Å²) in [6.07, 6.45) is 5.27. The maximum atomic E-state index is 13.2. The Hall–Kier alpha value is -2.77. The first-order valence-corrected chi connectivity index (χ1v) is 10.1. The van der Waals surface area contributed by atoms with E-state index in [1.165, 1.54) is 11.3 Å². The molecule has 0 saturated carbocycles. The van der Waals surface area contributed by atoms with E-state index in [4.69, 9.17) is 14.5 Å². The van der Waals surface area contributed by atoms with Crippen LogP contribution >= 0.6 is 11.3 Å². The Labute approximate surface area is 167 Å². The van der Waals surface area contributed by atoms with E-state index in [-0.39, 0.29) is 12.0 Å². The molecule has 1 aliphatic heterocycles. The van der Waals surface area contributed by atoms with Crippen LogP contribution in [0.25, 0.3) is 11.3 Å². The van der Waals surface area contributed by atoms with Gasteiger partial charge in [-0.25, -0.2) is 4.98 Å². The van der Waals surface area contributed by atoms with Crippen LogP contribution in [-0.2, 0) is 4.74 Å². The van der Waals surface area contributed by atoms with Crippen molar-refractivity contribution in [2.75, 3.05) is 25.2 Å². The number of thiazole rings is 1. The molecule has 1 unspecified atom stereocenters. The summed E-state index contributed by atoms with van der Waals surface area (Å²) in [6, 6.07) is 11.2. The van der Waals surface area contributed by atoms with Crippen LogP contribution in [0.3, 0.4) is 0 Å². The van der Waals surface area contributed by atoms with Crippen molar-refractivity contribution in [1.82, 2.24) is 9.97 Å². The Morgan fingerprint density at radius 3 is 2.71 bits per heavy atom. The minimum atomic E-state index is -0.0893. The Bertz CT molecular complexity index is 922. The number of amides is 1. The van der Waals surface area contributed by atoms with Crippen molar-refractivity contribution in [2.45, 2.75) is 18.9 Å². The summed E-state index contributed by atoms with van der Waals surface area (Å²) in [5.41, 5.74) is 2.41. The van der Waals surface area contributed by atoms with Crippen molar-refractivity contribution in [2.24, 2.45) is 0 Å². The first-order chi connectivity index (χ1) is 13.7. The van der Waals surface area contributed by atoms with Crippen molar-refractivity contribution in [3.8, 4) is 17.0 Å². The maximum absolute atomic E-state index is 13.2. The largest absolute Gasteiger partial charge is 0.497 e. The number of pyridine rings is 1. The highest BCUT2D eigenvalue weighted by atomic mass is 32.1. The summed E-state index contributed by atoms with van der Waals surface area (Å²) in [4.78, 5) is 23.6. The molecule has 0 aliphatic carbocycles. The predicted molar refractivity (Wildman–Crippen MR) is 109 cm³/mol. The molecule has 4 rings (SSSR count). The quantitative estimate of drug-likeness (QED) is 0.630. The van der Waals surface area contributed by atoms with E-state index in [1.54, 1.807) is 36.5 Å². The van der Waals surface area contributed by atoms with Crippen molar-refractivity contribution >= 4 is 22.4 Å². The zero-order valence-corrected chi connectivity index (χ0v) is 16.4. The van der Waals surface area contributed by atoms with Gasteiger partial charge in [0.25, 0.3) is 5.91 Å². The molecule has 0 bridgehead atoms. The van der Waals surface area contributed by atoms with Crippen LogP contribution in [-0.4, -0.2) is 42.2 Å². The van der Waals surface area contributed by atoms with Gasteiger partial charge < -0.3 is 9.47 Å². The second-order valence-electron chi connectivity index (χ2n) is 6.53. The highest BCUT2D eigenvalue weighted by molar-refractivity contribution is 7.14. The van der Waals surface area contributed by atoms with Gasteiger partial charge in [-0.05, 0) is 49.2 Å². The third-order valence-electron chi connectivity index (χ3n) is 4.69. The van der Waals surface area contributed by atoms with Gasteiger partial charge in [-0.2, -0.15) is 0 Å². The third kappa shape index (κ3) is 4.05. The fourth-order valence-corrected chi connectivity index (χ4v) is 4.01. The molecular formula is C21H21N3O3S. The molecule has 1 amide bonds. The van der Waals surface area contributed by atoms with Crippen LogP contribution in [0.15, 0.2) is 54.2 Å². The molecular weight excluding hydrogens is 374 g/mol. The van der Waals surface area contributed by atoms with E-state index in [2.05, 4.69) is 4.98 Å². The third-order valence-corrected chi connectivity index (χ3v) is 5.55. The SMILES string of the molecule is COc1ccc(-c2csc(N(CC3CCCO3)C(=O)c3ccncc3)n2)cc1. The van der Waals surface area contributed by atoms with Crippen LogP contribution in [0.4, 0.5) is 5.13 Å². The number of aromatic nitrogens is 2. The highest BCUT2D eigenvalue weighted by Crippen LogP contribution is 2.30. The Morgan fingerprint density at radius 2 is 2.04 bits per heavy atom. The molecule has 1 aliphatic rings. The van der Waals surface area contributed by atoms with Crippen LogP contribution < -0.4 is 9.64 Å². The molecule has 1 saturated heterocycles. The highest BCUT2D eigenvalue weighted by Gasteiger charge is 2.26. The lowest BCUT2D eigenvalue weighted by atomic mass is 10.2. The topological polar surface area (TPSA) is 64.6 Å². The van der Waals surface area contributed by atoms with E-state index >= 15 is 0 Å². The Morgan fingerprint density at radius 1 is 1.25 bits per heavy atom. The normalized spacial score (nSPS) is 16.1.